The molecule has 0 fully saturated rings. The first-order valence-electron chi connectivity index (χ1n) is 7.51. The van der Waals surface area contributed by atoms with Gasteiger partial charge in [0.2, 0.25) is 5.78 Å². The molecule has 0 amide bonds. The van der Waals surface area contributed by atoms with Crippen LogP contribution in [0.3, 0.4) is 0 Å². The van der Waals surface area contributed by atoms with Crippen LogP contribution >= 0.6 is 0 Å². The third-order valence-electron chi connectivity index (χ3n) is 4.11. The van der Waals surface area contributed by atoms with E-state index in [4.69, 9.17) is 18.9 Å². The first-order valence-corrected chi connectivity index (χ1v) is 7.51. The summed E-state index contributed by atoms with van der Waals surface area (Å²) in [6.07, 6.45) is -1.73. The molecule has 0 aliphatic carbocycles. The summed E-state index contributed by atoms with van der Waals surface area (Å²) in [5.41, 5.74) is 0.637. The van der Waals surface area contributed by atoms with Crippen molar-refractivity contribution >= 4 is 5.78 Å². The van der Waals surface area contributed by atoms with Crippen LogP contribution in [-0.4, -0.2) is 43.4 Å². The minimum absolute atomic E-state index is 0.0259. The van der Waals surface area contributed by atoms with E-state index in [0.717, 1.165) is 0 Å². The lowest BCUT2D eigenvalue weighted by atomic mass is 9.92. The Bertz CT molecular complexity index is 815. The summed E-state index contributed by atoms with van der Waals surface area (Å²) in [7, 11) is 4.27. The number of ketones is 1. The van der Waals surface area contributed by atoms with Gasteiger partial charge in [-0.15, -0.1) is 0 Å². The molecule has 2 aromatic rings. The van der Waals surface area contributed by atoms with Crippen LogP contribution < -0.4 is 14.2 Å². The van der Waals surface area contributed by atoms with Crippen molar-refractivity contribution in [3.05, 3.63) is 41.5 Å². The number of rotatable bonds is 4. The predicted molar refractivity (Wildman–Crippen MR) is 87.8 cm³/mol. The molecule has 0 spiro atoms. The Morgan fingerprint density at radius 2 is 1.76 bits per heavy atom. The molecule has 2 aromatic carbocycles. The van der Waals surface area contributed by atoms with E-state index < -0.39 is 18.0 Å². The number of benzene rings is 2. The summed E-state index contributed by atoms with van der Waals surface area (Å²) >= 11 is 0. The van der Waals surface area contributed by atoms with Crippen LogP contribution in [-0.2, 0) is 4.74 Å². The van der Waals surface area contributed by atoms with Crippen molar-refractivity contribution in [3.63, 3.8) is 0 Å². The molecule has 1 aliphatic rings. The Morgan fingerprint density at radius 1 is 1.00 bits per heavy atom. The molecule has 0 unspecified atom stereocenters. The lowest BCUT2D eigenvalue weighted by Gasteiger charge is -2.32. The summed E-state index contributed by atoms with van der Waals surface area (Å²) in [4.78, 5) is 12.8. The smallest absolute Gasteiger partial charge is 0.203 e. The van der Waals surface area contributed by atoms with Crippen molar-refractivity contribution in [2.45, 2.75) is 12.2 Å². The number of phenolic OH excluding ortho intramolecular Hbond substituents is 2. The van der Waals surface area contributed by atoms with Crippen molar-refractivity contribution in [1.29, 1.82) is 0 Å². The van der Waals surface area contributed by atoms with E-state index in [9.17, 15) is 15.0 Å². The van der Waals surface area contributed by atoms with Crippen LogP contribution in [0.25, 0.3) is 0 Å². The fourth-order valence-electron chi connectivity index (χ4n) is 2.86. The maximum absolute atomic E-state index is 12.8. The van der Waals surface area contributed by atoms with E-state index in [1.807, 2.05) is 0 Å². The third-order valence-corrected chi connectivity index (χ3v) is 4.11. The van der Waals surface area contributed by atoms with Gasteiger partial charge in [0.15, 0.2) is 23.7 Å². The van der Waals surface area contributed by atoms with Crippen LogP contribution in [0.2, 0.25) is 0 Å². The highest BCUT2D eigenvalue weighted by atomic mass is 16.5. The van der Waals surface area contributed by atoms with Gasteiger partial charge in [0.25, 0.3) is 0 Å². The van der Waals surface area contributed by atoms with Gasteiger partial charge in [0.05, 0.1) is 14.2 Å². The zero-order valence-corrected chi connectivity index (χ0v) is 14.0. The number of aromatic hydroxyl groups is 2. The Kier molecular flexibility index (Phi) is 4.41. The van der Waals surface area contributed by atoms with Gasteiger partial charge in [0, 0.05) is 19.2 Å². The van der Waals surface area contributed by atoms with Crippen molar-refractivity contribution < 1.29 is 34.0 Å². The lowest BCUT2D eigenvalue weighted by molar-refractivity contribution is -0.00115. The second kappa shape index (κ2) is 6.52. The highest BCUT2D eigenvalue weighted by Crippen LogP contribution is 2.43. The van der Waals surface area contributed by atoms with Gasteiger partial charge < -0.3 is 29.2 Å². The maximum Gasteiger partial charge on any atom is 0.203 e. The van der Waals surface area contributed by atoms with Crippen molar-refractivity contribution in [1.82, 2.24) is 0 Å². The van der Waals surface area contributed by atoms with Gasteiger partial charge in [0.1, 0.15) is 22.8 Å². The molecular formula is C18H18O7. The summed E-state index contributed by atoms with van der Waals surface area (Å²) in [6, 6.07) is 7.52. The van der Waals surface area contributed by atoms with E-state index in [2.05, 4.69) is 0 Å². The van der Waals surface area contributed by atoms with Crippen molar-refractivity contribution in [3.8, 4) is 28.7 Å². The zero-order chi connectivity index (χ0) is 18.1. The Balaban J connectivity index is 2.10. The van der Waals surface area contributed by atoms with Gasteiger partial charge in [-0.05, 0) is 17.7 Å². The quantitative estimate of drug-likeness (QED) is 0.878. The van der Waals surface area contributed by atoms with Gasteiger partial charge >= 0.3 is 0 Å². The Labute approximate surface area is 144 Å². The van der Waals surface area contributed by atoms with Crippen LogP contribution in [0.15, 0.2) is 30.3 Å². The SMILES string of the molecule is COc1cc(O)c2c(c1)O[C@@H](c1ccc(O)c(OC)c1)[C@H](OC)C2=O. The topological polar surface area (TPSA) is 94.5 Å². The molecule has 0 saturated carbocycles. The summed E-state index contributed by atoms with van der Waals surface area (Å²) in [6.45, 7) is 0. The van der Waals surface area contributed by atoms with E-state index in [-0.39, 0.29) is 28.6 Å². The maximum atomic E-state index is 12.8. The zero-order valence-electron chi connectivity index (χ0n) is 14.0. The highest BCUT2D eigenvalue weighted by Gasteiger charge is 2.40. The van der Waals surface area contributed by atoms with Crippen LogP contribution in [0.1, 0.15) is 22.0 Å². The molecule has 0 aromatic heterocycles. The molecule has 0 radical (unpaired) electrons. The molecule has 3 rings (SSSR count). The molecule has 132 valence electrons. The van der Waals surface area contributed by atoms with Gasteiger partial charge in [-0.1, -0.05) is 6.07 Å². The highest BCUT2D eigenvalue weighted by molar-refractivity contribution is 6.05. The standard InChI is InChI=1S/C18H18O7/c1-22-10-7-12(20)15-14(8-10)25-17(18(24-3)16(15)21)9-4-5-11(19)13(6-9)23-2/h4-8,17-20H,1-3H3/t17-,18+/m0/s1. The van der Waals surface area contributed by atoms with E-state index in [1.165, 1.54) is 39.5 Å². The van der Waals surface area contributed by atoms with E-state index >= 15 is 0 Å². The minimum Gasteiger partial charge on any atom is -0.507 e. The summed E-state index contributed by atoms with van der Waals surface area (Å²) < 4.78 is 21.5. The fourth-order valence-corrected chi connectivity index (χ4v) is 2.86. The number of Topliss-reactive ketones (excluding diaryl/α,β-unsaturated/α-hetero) is 1. The van der Waals surface area contributed by atoms with Gasteiger partial charge in [-0.2, -0.15) is 0 Å². The van der Waals surface area contributed by atoms with Gasteiger partial charge in [-0.25, -0.2) is 0 Å². The summed E-state index contributed by atoms with van der Waals surface area (Å²) in [5.74, 6) is 0.156. The predicted octanol–water partition coefficient (Wildman–Crippen LogP) is 2.45. The number of carbonyl (C=O) groups is 1. The number of methoxy groups -OCH3 is 3. The average molecular weight is 346 g/mol. The molecule has 25 heavy (non-hydrogen) atoms. The monoisotopic (exact) mass is 346 g/mol. The van der Waals surface area contributed by atoms with Crippen molar-refractivity contribution in [2.24, 2.45) is 0 Å². The normalized spacial score (nSPS) is 19.1. The molecule has 1 heterocycles. The van der Waals surface area contributed by atoms with E-state index in [1.54, 1.807) is 12.1 Å². The number of fused-ring (bicyclic) bond motifs is 1. The van der Waals surface area contributed by atoms with E-state index in [0.29, 0.717) is 11.3 Å². The number of carbonyl (C=O) groups excluding carboxylic acids is 1. The molecule has 0 saturated heterocycles. The molecule has 7 heteroatoms. The minimum atomic E-state index is -0.957. The second-order valence-electron chi connectivity index (χ2n) is 5.51. The number of phenols is 2. The largest absolute Gasteiger partial charge is 0.507 e. The summed E-state index contributed by atoms with van der Waals surface area (Å²) in [5, 5.41) is 19.9. The second-order valence-corrected chi connectivity index (χ2v) is 5.51. The molecule has 0 bridgehead atoms. The molecule has 7 nitrogen and oxygen atoms in total. The van der Waals surface area contributed by atoms with Gasteiger partial charge in [-0.3, -0.25) is 4.79 Å². The first kappa shape index (κ1) is 16.9. The molecule has 1 aliphatic heterocycles. The molecular weight excluding hydrogens is 328 g/mol. The number of hydrogen-bond acceptors (Lipinski definition) is 7. The lowest BCUT2D eigenvalue weighted by Crippen LogP contribution is -2.37. The Morgan fingerprint density at radius 3 is 2.40 bits per heavy atom. The average Bonchev–Trinajstić information content (AvgIpc) is 2.61. The van der Waals surface area contributed by atoms with Crippen LogP contribution in [0, 0.1) is 0 Å². The van der Waals surface area contributed by atoms with Crippen LogP contribution in [0.4, 0.5) is 0 Å². The third kappa shape index (κ3) is 2.83. The molecule has 2 atom stereocenters. The Hall–Kier alpha value is -2.93. The number of ether oxygens (including phenoxy) is 4. The number of hydrogen-bond donors (Lipinski definition) is 2. The molecule has 2 N–H and O–H groups in total. The fraction of sp³-hybridized carbons (Fsp3) is 0.278. The van der Waals surface area contributed by atoms with Crippen molar-refractivity contribution in [2.75, 3.05) is 21.3 Å². The first-order chi connectivity index (χ1) is 12.0. The van der Waals surface area contributed by atoms with Crippen LogP contribution in [0.5, 0.6) is 28.7 Å².